The molecule has 0 spiro atoms. The van der Waals surface area contributed by atoms with Crippen molar-refractivity contribution < 1.29 is 68.1 Å². The Labute approximate surface area is 121 Å². The molecule has 0 radical (unpaired) electrons. The number of carboxylic acids is 1. The average Bonchev–Trinajstić information content (AvgIpc) is 2.31. The smallest absolute Gasteiger partial charge is 0.478 e. The van der Waals surface area contributed by atoms with E-state index in [1.807, 2.05) is 0 Å². The molecule has 132 valence electrons. The number of carboxylic acid groups (broad SMARTS) is 1. The van der Waals surface area contributed by atoms with E-state index in [-0.39, 0.29) is 6.29 Å². The Morgan fingerprint density at radius 2 is 1.27 bits per heavy atom. The van der Waals surface area contributed by atoms with Gasteiger partial charge in [-0.05, 0) is 0 Å². The van der Waals surface area contributed by atoms with Gasteiger partial charge in [0.25, 0.3) is 0 Å². The molecule has 16 heteroatoms. The standard InChI is InChI=1S/C6H10O7.H4O7P2/c7-1-2(8)3(9)4(10)5(11)6(12)13;1-8(2,3)7-9(4,5)6/h1-5,8-11H,(H,12,13);(H2,1,2,3)(H2,4,5,6)/t2-,3+,4-,5+;/m1./s1. The van der Waals surface area contributed by atoms with Gasteiger partial charge in [0.15, 0.2) is 12.4 Å². The number of hydrogen-bond acceptors (Lipinski definition) is 9. The number of carbonyl (C=O) groups excluding carboxylic acids is 1. The summed E-state index contributed by atoms with van der Waals surface area (Å²) in [7, 11) is -10.1. The van der Waals surface area contributed by atoms with Crippen molar-refractivity contribution in [2.45, 2.75) is 24.4 Å². The van der Waals surface area contributed by atoms with Crippen LogP contribution in [0.3, 0.4) is 0 Å². The van der Waals surface area contributed by atoms with Crippen molar-refractivity contribution in [3.63, 3.8) is 0 Å². The number of aliphatic hydroxyl groups excluding tert-OH is 4. The van der Waals surface area contributed by atoms with Crippen molar-refractivity contribution in [3.8, 4) is 0 Å². The van der Waals surface area contributed by atoms with Gasteiger partial charge >= 0.3 is 21.6 Å². The summed E-state index contributed by atoms with van der Waals surface area (Å²) in [5.41, 5.74) is 0. The molecule has 0 aromatic heterocycles. The van der Waals surface area contributed by atoms with Gasteiger partial charge in [0.1, 0.15) is 18.3 Å². The Hall–Kier alpha value is -0.760. The molecular formula is C6H14O14P2. The van der Waals surface area contributed by atoms with E-state index in [1.165, 1.54) is 0 Å². The highest BCUT2D eigenvalue weighted by atomic mass is 31.3. The lowest BCUT2D eigenvalue weighted by Gasteiger charge is -2.21. The molecule has 0 heterocycles. The first kappa shape index (κ1) is 23.5. The number of aliphatic hydroxyl groups is 4. The third-order valence-corrected chi connectivity index (χ3v) is 3.33. The SMILES string of the molecule is O=C[C@@H](O)[C@H](O)[C@@H](O)[C@H](O)C(=O)O.O=P(O)(O)OP(=O)(O)O. The Bertz CT molecular complexity index is 430. The Morgan fingerprint density at radius 1 is 0.909 bits per heavy atom. The van der Waals surface area contributed by atoms with E-state index in [0.29, 0.717) is 0 Å². The van der Waals surface area contributed by atoms with Gasteiger partial charge in [0.2, 0.25) is 0 Å². The highest BCUT2D eigenvalue weighted by Crippen LogP contribution is 2.53. The molecule has 0 bridgehead atoms. The third-order valence-electron chi connectivity index (χ3n) is 1.63. The van der Waals surface area contributed by atoms with Gasteiger partial charge in [-0.3, -0.25) is 0 Å². The minimum atomic E-state index is -5.05. The molecule has 14 nitrogen and oxygen atoms in total. The molecule has 0 amide bonds. The molecule has 22 heavy (non-hydrogen) atoms. The van der Waals surface area contributed by atoms with Crippen molar-refractivity contribution >= 4 is 27.9 Å². The summed E-state index contributed by atoms with van der Waals surface area (Å²) in [4.78, 5) is 51.0. The molecule has 0 aromatic rings. The van der Waals surface area contributed by atoms with Crippen LogP contribution in [0.2, 0.25) is 0 Å². The first-order chi connectivity index (χ1) is 9.62. The molecule has 9 N–H and O–H groups in total. The van der Waals surface area contributed by atoms with Gasteiger partial charge in [0, 0.05) is 0 Å². The molecule has 4 atom stereocenters. The maximum absolute atomic E-state index is 10.1. The first-order valence-corrected chi connectivity index (χ1v) is 7.91. The van der Waals surface area contributed by atoms with Crippen LogP contribution in [0.5, 0.6) is 0 Å². The minimum absolute atomic E-state index is 0.0809. The van der Waals surface area contributed by atoms with E-state index in [1.54, 1.807) is 0 Å². The van der Waals surface area contributed by atoms with Crippen LogP contribution in [-0.4, -0.2) is 81.8 Å². The zero-order valence-corrected chi connectivity index (χ0v) is 12.1. The van der Waals surface area contributed by atoms with Crippen LogP contribution in [0, 0.1) is 0 Å². The molecule has 0 aromatic carbocycles. The van der Waals surface area contributed by atoms with Crippen molar-refractivity contribution in [2.75, 3.05) is 0 Å². The fraction of sp³-hybridized carbons (Fsp3) is 0.667. The van der Waals surface area contributed by atoms with Crippen molar-refractivity contribution in [1.82, 2.24) is 0 Å². The van der Waals surface area contributed by atoms with Crippen LogP contribution < -0.4 is 0 Å². The number of carbonyl (C=O) groups is 2. The minimum Gasteiger partial charge on any atom is -0.479 e. The fourth-order valence-electron chi connectivity index (χ4n) is 0.754. The second kappa shape index (κ2) is 9.39. The van der Waals surface area contributed by atoms with Crippen LogP contribution in [0.4, 0.5) is 0 Å². The van der Waals surface area contributed by atoms with E-state index >= 15 is 0 Å². The summed E-state index contributed by atoms with van der Waals surface area (Å²) in [6.07, 6.45) is -8.39. The summed E-state index contributed by atoms with van der Waals surface area (Å²) >= 11 is 0. The summed E-state index contributed by atoms with van der Waals surface area (Å²) in [5, 5.41) is 43.2. The van der Waals surface area contributed by atoms with Crippen LogP contribution in [0.1, 0.15) is 0 Å². The third kappa shape index (κ3) is 11.9. The highest BCUT2D eigenvalue weighted by Gasteiger charge is 2.34. The lowest BCUT2D eigenvalue weighted by Crippen LogP contribution is -2.48. The van der Waals surface area contributed by atoms with Crippen molar-refractivity contribution in [2.24, 2.45) is 0 Å². The molecule has 0 unspecified atom stereocenters. The predicted octanol–water partition coefficient (Wildman–Crippen LogP) is -4.10. The van der Waals surface area contributed by atoms with E-state index in [9.17, 15) is 18.7 Å². The van der Waals surface area contributed by atoms with Gasteiger partial charge in [0.05, 0.1) is 0 Å². The number of aliphatic carboxylic acids is 1. The van der Waals surface area contributed by atoms with E-state index in [4.69, 9.17) is 45.1 Å². The zero-order chi connectivity index (χ0) is 18.3. The Morgan fingerprint density at radius 3 is 1.45 bits per heavy atom. The van der Waals surface area contributed by atoms with Gasteiger partial charge < -0.3 is 49.9 Å². The molecule has 0 aliphatic rings. The van der Waals surface area contributed by atoms with Gasteiger partial charge in [-0.2, -0.15) is 4.31 Å². The summed E-state index contributed by atoms with van der Waals surface area (Å²) in [6.45, 7) is 0. The lowest BCUT2D eigenvalue weighted by atomic mass is 10.0. The maximum atomic E-state index is 10.1. The van der Waals surface area contributed by atoms with Crippen LogP contribution in [-0.2, 0) is 23.0 Å². The van der Waals surface area contributed by atoms with Crippen LogP contribution in [0.25, 0.3) is 0 Å². The number of hydrogen-bond donors (Lipinski definition) is 9. The molecule has 0 fully saturated rings. The number of phosphoric acid groups is 2. The second-order valence-electron chi connectivity index (χ2n) is 3.45. The molecular weight excluding hydrogens is 358 g/mol. The van der Waals surface area contributed by atoms with Gasteiger partial charge in [-0.25, -0.2) is 13.9 Å². The first-order valence-electron chi connectivity index (χ1n) is 4.85. The molecule has 0 aliphatic heterocycles. The Kier molecular flexibility index (Phi) is 10.0. The van der Waals surface area contributed by atoms with E-state index in [0.717, 1.165) is 0 Å². The van der Waals surface area contributed by atoms with E-state index in [2.05, 4.69) is 4.31 Å². The van der Waals surface area contributed by atoms with Crippen molar-refractivity contribution in [3.05, 3.63) is 0 Å². The van der Waals surface area contributed by atoms with Crippen molar-refractivity contribution in [1.29, 1.82) is 0 Å². The van der Waals surface area contributed by atoms with Crippen LogP contribution in [0.15, 0.2) is 0 Å². The summed E-state index contributed by atoms with van der Waals surface area (Å²) < 4.78 is 22.2. The zero-order valence-electron chi connectivity index (χ0n) is 10.3. The quantitative estimate of drug-likeness (QED) is 0.152. The summed E-state index contributed by atoms with van der Waals surface area (Å²) in [5.74, 6) is -1.76. The second-order valence-corrected chi connectivity index (χ2v) is 6.07. The van der Waals surface area contributed by atoms with Crippen LogP contribution >= 0.6 is 15.6 Å². The summed E-state index contributed by atoms with van der Waals surface area (Å²) in [6, 6.07) is 0. The van der Waals surface area contributed by atoms with E-state index < -0.39 is 46.0 Å². The number of aldehydes is 1. The fourth-order valence-corrected chi connectivity index (χ4v) is 1.86. The molecule has 0 saturated heterocycles. The van der Waals surface area contributed by atoms with Gasteiger partial charge in [-0.15, -0.1) is 0 Å². The normalized spacial score (nSPS) is 17.5. The molecule has 0 rings (SSSR count). The molecule has 0 aliphatic carbocycles. The number of rotatable bonds is 7. The van der Waals surface area contributed by atoms with Gasteiger partial charge in [-0.1, -0.05) is 0 Å². The molecule has 0 saturated carbocycles. The topological polar surface area (TPSA) is 260 Å². The maximum Gasteiger partial charge on any atom is 0.478 e. The lowest BCUT2D eigenvalue weighted by molar-refractivity contribution is -0.163. The largest absolute Gasteiger partial charge is 0.479 e. The highest BCUT2D eigenvalue weighted by molar-refractivity contribution is 7.60. The Balaban J connectivity index is 0. The monoisotopic (exact) mass is 372 g/mol. The predicted molar refractivity (Wildman–Crippen MR) is 62.9 cm³/mol. The average molecular weight is 372 g/mol.